The summed E-state index contributed by atoms with van der Waals surface area (Å²) in [7, 11) is 0. The van der Waals surface area contributed by atoms with E-state index in [1.807, 2.05) is 19.1 Å². The summed E-state index contributed by atoms with van der Waals surface area (Å²) in [6, 6.07) is 6.14. The molecule has 2 rings (SSSR count). The molecule has 0 aliphatic carbocycles. The molecule has 1 fully saturated rings. The number of aryl methyl sites for hydroxylation is 1. The number of benzene rings is 1. The van der Waals surface area contributed by atoms with E-state index in [0.29, 0.717) is 18.9 Å². The number of primary amides is 1. The lowest BCUT2D eigenvalue weighted by Gasteiger charge is -2.30. The van der Waals surface area contributed by atoms with Crippen LogP contribution in [-0.4, -0.2) is 25.2 Å². The van der Waals surface area contributed by atoms with Crippen LogP contribution >= 0.6 is 11.6 Å². The van der Waals surface area contributed by atoms with Gasteiger partial charge in [-0.3, -0.25) is 4.79 Å². The van der Waals surface area contributed by atoms with Crippen molar-refractivity contribution in [2.45, 2.75) is 38.8 Å². The zero-order valence-corrected chi connectivity index (χ0v) is 13.2. The van der Waals surface area contributed by atoms with Crippen LogP contribution in [0.5, 0.6) is 0 Å². The molecule has 5 heteroatoms. The van der Waals surface area contributed by atoms with E-state index in [1.54, 1.807) is 0 Å². The smallest absolute Gasteiger partial charge is 0.218 e. The molecule has 1 aliphatic heterocycles. The summed E-state index contributed by atoms with van der Waals surface area (Å²) < 4.78 is 5.39. The maximum atomic E-state index is 11.3. The van der Waals surface area contributed by atoms with Gasteiger partial charge >= 0.3 is 0 Å². The van der Waals surface area contributed by atoms with Crippen molar-refractivity contribution in [1.29, 1.82) is 0 Å². The minimum atomic E-state index is -0.263. The highest BCUT2D eigenvalue weighted by Crippen LogP contribution is 2.22. The van der Waals surface area contributed by atoms with E-state index in [0.717, 1.165) is 42.2 Å². The van der Waals surface area contributed by atoms with Gasteiger partial charge in [-0.25, -0.2) is 0 Å². The Bertz CT molecular complexity index is 487. The highest BCUT2D eigenvalue weighted by atomic mass is 35.5. The maximum absolute atomic E-state index is 11.3. The number of nitrogens with one attached hydrogen (secondary N) is 1. The van der Waals surface area contributed by atoms with Crippen LogP contribution in [0.15, 0.2) is 18.2 Å². The average molecular weight is 311 g/mol. The number of hydrogen-bond acceptors (Lipinski definition) is 3. The molecule has 1 aromatic rings. The summed E-state index contributed by atoms with van der Waals surface area (Å²) >= 11 is 6.14. The third kappa shape index (κ3) is 4.99. The molecule has 4 nitrogen and oxygen atoms in total. The van der Waals surface area contributed by atoms with Gasteiger partial charge in [-0.15, -0.1) is 0 Å². The Morgan fingerprint density at radius 1 is 1.48 bits per heavy atom. The zero-order chi connectivity index (χ0) is 15.2. The van der Waals surface area contributed by atoms with Gasteiger partial charge in [0.2, 0.25) is 5.91 Å². The summed E-state index contributed by atoms with van der Waals surface area (Å²) in [5.74, 6) is 0.174. The van der Waals surface area contributed by atoms with Crippen molar-refractivity contribution in [3.05, 3.63) is 34.3 Å². The SMILES string of the molecule is Cc1ccc(CN[C@H](CC(N)=O)C2CCOCC2)cc1Cl. The average Bonchev–Trinajstić information content (AvgIpc) is 2.47. The van der Waals surface area contributed by atoms with Crippen LogP contribution in [-0.2, 0) is 16.1 Å². The molecule has 1 aromatic carbocycles. The molecule has 1 heterocycles. The van der Waals surface area contributed by atoms with Gasteiger partial charge in [0.05, 0.1) is 0 Å². The largest absolute Gasteiger partial charge is 0.381 e. The summed E-state index contributed by atoms with van der Waals surface area (Å²) in [5.41, 5.74) is 7.57. The topological polar surface area (TPSA) is 64.3 Å². The van der Waals surface area contributed by atoms with Crippen LogP contribution in [0.4, 0.5) is 0 Å². The molecule has 3 N–H and O–H groups in total. The van der Waals surface area contributed by atoms with Gasteiger partial charge in [0, 0.05) is 37.2 Å². The fraction of sp³-hybridized carbons (Fsp3) is 0.562. The first kappa shape index (κ1) is 16.3. The van der Waals surface area contributed by atoms with Crippen molar-refractivity contribution in [1.82, 2.24) is 5.32 Å². The number of amides is 1. The number of carbonyl (C=O) groups is 1. The summed E-state index contributed by atoms with van der Waals surface area (Å²) in [4.78, 5) is 11.3. The molecule has 0 aromatic heterocycles. The Hall–Kier alpha value is -1.10. The number of rotatable bonds is 6. The number of carbonyl (C=O) groups excluding carboxylic acids is 1. The number of nitrogens with two attached hydrogens (primary N) is 1. The van der Waals surface area contributed by atoms with Crippen LogP contribution in [0.1, 0.15) is 30.4 Å². The van der Waals surface area contributed by atoms with E-state index in [2.05, 4.69) is 11.4 Å². The van der Waals surface area contributed by atoms with Crippen LogP contribution in [0.3, 0.4) is 0 Å². The van der Waals surface area contributed by atoms with E-state index in [9.17, 15) is 4.79 Å². The molecule has 1 atom stereocenters. The molecule has 21 heavy (non-hydrogen) atoms. The molecule has 1 amide bonds. The lowest BCUT2D eigenvalue weighted by atomic mass is 9.89. The van der Waals surface area contributed by atoms with E-state index in [4.69, 9.17) is 22.1 Å². The van der Waals surface area contributed by atoms with Crippen LogP contribution in [0, 0.1) is 12.8 Å². The predicted molar refractivity (Wildman–Crippen MR) is 84.2 cm³/mol. The molecule has 0 unspecified atom stereocenters. The molecule has 116 valence electrons. The standard InChI is InChI=1S/C16H23ClN2O2/c1-11-2-3-12(8-14(11)17)10-19-15(9-16(18)20)13-4-6-21-7-5-13/h2-3,8,13,15,19H,4-7,9-10H2,1H3,(H2,18,20)/t15-/m1/s1. The van der Waals surface area contributed by atoms with Crippen LogP contribution < -0.4 is 11.1 Å². The number of ether oxygens (including phenoxy) is 1. The van der Waals surface area contributed by atoms with Gasteiger partial charge < -0.3 is 15.8 Å². The van der Waals surface area contributed by atoms with E-state index < -0.39 is 0 Å². The molecule has 0 saturated carbocycles. The van der Waals surface area contributed by atoms with E-state index in [1.165, 1.54) is 0 Å². The molecule has 0 spiro atoms. The van der Waals surface area contributed by atoms with Gasteiger partial charge in [0.25, 0.3) is 0 Å². The molecular weight excluding hydrogens is 288 g/mol. The van der Waals surface area contributed by atoms with Gasteiger partial charge in [0.15, 0.2) is 0 Å². The lowest BCUT2D eigenvalue weighted by Crippen LogP contribution is -2.41. The second-order valence-electron chi connectivity index (χ2n) is 5.69. The van der Waals surface area contributed by atoms with Gasteiger partial charge in [-0.2, -0.15) is 0 Å². The van der Waals surface area contributed by atoms with Crippen LogP contribution in [0.2, 0.25) is 5.02 Å². The number of halogens is 1. The third-order valence-electron chi connectivity index (χ3n) is 4.06. The van der Waals surface area contributed by atoms with Gasteiger partial charge in [-0.05, 0) is 42.9 Å². The van der Waals surface area contributed by atoms with Gasteiger partial charge in [0.1, 0.15) is 0 Å². The normalized spacial score (nSPS) is 17.6. The first-order chi connectivity index (χ1) is 10.1. The Labute approximate surface area is 131 Å². The Morgan fingerprint density at radius 3 is 2.81 bits per heavy atom. The number of hydrogen-bond donors (Lipinski definition) is 2. The van der Waals surface area contributed by atoms with Crippen molar-refractivity contribution < 1.29 is 9.53 Å². The molecular formula is C16H23ClN2O2. The zero-order valence-electron chi connectivity index (χ0n) is 12.4. The quantitative estimate of drug-likeness (QED) is 0.848. The Morgan fingerprint density at radius 2 is 2.19 bits per heavy atom. The van der Waals surface area contributed by atoms with Crippen molar-refractivity contribution in [3.8, 4) is 0 Å². The fourth-order valence-corrected chi connectivity index (χ4v) is 2.94. The first-order valence-electron chi connectivity index (χ1n) is 7.40. The minimum absolute atomic E-state index is 0.103. The highest BCUT2D eigenvalue weighted by molar-refractivity contribution is 6.31. The Balaban J connectivity index is 1.97. The Kier molecular flexibility index (Phi) is 6.03. The fourth-order valence-electron chi connectivity index (χ4n) is 2.74. The summed E-state index contributed by atoms with van der Waals surface area (Å²) in [5, 5.41) is 4.24. The molecule has 0 bridgehead atoms. The van der Waals surface area contributed by atoms with E-state index in [-0.39, 0.29) is 11.9 Å². The molecule has 0 radical (unpaired) electrons. The van der Waals surface area contributed by atoms with E-state index >= 15 is 0 Å². The van der Waals surface area contributed by atoms with Crippen molar-refractivity contribution >= 4 is 17.5 Å². The van der Waals surface area contributed by atoms with Crippen molar-refractivity contribution in [2.75, 3.05) is 13.2 Å². The van der Waals surface area contributed by atoms with Crippen molar-refractivity contribution in [2.24, 2.45) is 11.7 Å². The molecule has 1 aliphatic rings. The van der Waals surface area contributed by atoms with Crippen LogP contribution in [0.25, 0.3) is 0 Å². The first-order valence-corrected chi connectivity index (χ1v) is 7.78. The third-order valence-corrected chi connectivity index (χ3v) is 4.47. The van der Waals surface area contributed by atoms with Gasteiger partial charge in [-0.1, -0.05) is 23.7 Å². The maximum Gasteiger partial charge on any atom is 0.218 e. The lowest BCUT2D eigenvalue weighted by molar-refractivity contribution is -0.119. The summed E-state index contributed by atoms with van der Waals surface area (Å²) in [6.45, 7) is 4.20. The molecule has 1 saturated heterocycles. The monoisotopic (exact) mass is 310 g/mol. The highest BCUT2D eigenvalue weighted by Gasteiger charge is 2.25. The second-order valence-corrected chi connectivity index (χ2v) is 6.10. The summed E-state index contributed by atoms with van der Waals surface area (Å²) in [6.07, 6.45) is 2.31. The second kappa shape index (κ2) is 7.78. The minimum Gasteiger partial charge on any atom is -0.381 e. The van der Waals surface area contributed by atoms with Crippen molar-refractivity contribution in [3.63, 3.8) is 0 Å². The predicted octanol–water partition coefficient (Wildman–Crippen LogP) is 2.41.